The predicted octanol–water partition coefficient (Wildman–Crippen LogP) is 8.09. The molecule has 0 amide bonds. The number of hydrogen-bond donors (Lipinski definition) is 1. The van der Waals surface area contributed by atoms with Gasteiger partial charge in [0.25, 0.3) is 0 Å². The first kappa shape index (κ1) is 22.6. The van der Waals surface area contributed by atoms with Crippen molar-refractivity contribution >= 4 is 0 Å². The molecule has 30 heavy (non-hydrogen) atoms. The van der Waals surface area contributed by atoms with E-state index in [-0.39, 0.29) is 6.10 Å². The second-order valence-corrected chi connectivity index (χ2v) is 12.7. The SMILES string of the molecule is CC(C)=CCC[C@@H](C)[C@H]1CC[C@@]2(C)C3=C(CC[C@]12C)[C@@]1(C)CC[C@H](O)[C@H](C)[C@@H]1CC3. The van der Waals surface area contributed by atoms with Crippen LogP contribution in [0, 0.1) is 39.9 Å². The fourth-order valence-electron chi connectivity index (χ4n) is 9.09. The van der Waals surface area contributed by atoms with Gasteiger partial charge < -0.3 is 5.11 Å². The Morgan fingerprint density at radius 1 is 1.03 bits per heavy atom. The molecule has 4 rings (SSSR count). The molecule has 170 valence electrons. The molecule has 4 aliphatic rings. The molecule has 8 atom stereocenters. The monoisotopic (exact) mass is 412 g/mol. The van der Waals surface area contributed by atoms with E-state index in [1.165, 1.54) is 63.4 Å². The lowest BCUT2D eigenvalue weighted by molar-refractivity contribution is -0.0412. The first-order chi connectivity index (χ1) is 14.0. The van der Waals surface area contributed by atoms with Crippen molar-refractivity contribution in [3.63, 3.8) is 0 Å². The van der Waals surface area contributed by atoms with E-state index in [1.807, 2.05) is 11.1 Å². The second kappa shape index (κ2) is 7.79. The summed E-state index contributed by atoms with van der Waals surface area (Å²) < 4.78 is 0. The normalized spacial score (nSPS) is 46.7. The van der Waals surface area contributed by atoms with E-state index in [1.54, 1.807) is 0 Å². The molecule has 0 bridgehead atoms. The third-order valence-corrected chi connectivity index (χ3v) is 11.2. The second-order valence-electron chi connectivity index (χ2n) is 12.7. The summed E-state index contributed by atoms with van der Waals surface area (Å²) in [6.07, 6.45) is 15.3. The molecule has 0 saturated heterocycles. The number of hydrogen-bond acceptors (Lipinski definition) is 1. The van der Waals surface area contributed by atoms with Gasteiger partial charge in [-0.05, 0) is 118 Å². The summed E-state index contributed by atoms with van der Waals surface area (Å²) >= 11 is 0. The smallest absolute Gasteiger partial charge is 0.0569 e. The number of aliphatic hydroxyl groups is 1. The zero-order valence-corrected chi connectivity index (χ0v) is 21.0. The standard InChI is InChI=1S/C29H48O/c1-19(2)9-8-10-20(3)22-13-17-29(7)25-12-11-23-21(4)26(30)15-16-27(23,5)24(25)14-18-28(22,29)6/h9,20-23,26,30H,8,10-18H2,1-7H3/t20-,21-,22-,23+,26+,27+,28-,29+/m1/s1. The number of fused-ring (bicyclic) bond motifs is 4. The Morgan fingerprint density at radius 3 is 2.47 bits per heavy atom. The average molecular weight is 413 g/mol. The van der Waals surface area contributed by atoms with Crippen LogP contribution in [0.2, 0.25) is 0 Å². The summed E-state index contributed by atoms with van der Waals surface area (Å²) in [4.78, 5) is 0. The van der Waals surface area contributed by atoms with Crippen molar-refractivity contribution in [3.05, 3.63) is 22.8 Å². The predicted molar refractivity (Wildman–Crippen MR) is 128 cm³/mol. The molecule has 0 radical (unpaired) electrons. The summed E-state index contributed by atoms with van der Waals surface area (Å²) in [7, 11) is 0. The van der Waals surface area contributed by atoms with E-state index in [2.05, 4.69) is 54.5 Å². The van der Waals surface area contributed by atoms with Gasteiger partial charge >= 0.3 is 0 Å². The van der Waals surface area contributed by atoms with Crippen LogP contribution < -0.4 is 0 Å². The molecule has 2 fully saturated rings. The maximum Gasteiger partial charge on any atom is 0.0569 e. The largest absolute Gasteiger partial charge is 0.393 e. The van der Waals surface area contributed by atoms with Gasteiger partial charge in [-0.25, -0.2) is 0 Å². The Kier molecular flexibility index (Phi) is 5.87. The first-order valence-electron chi connectivity index (χ1n) is 13.1. The lowest BCUT2D eigenvalue weighted by atomic mass is 9.45. The van der Waals surface area contributed by atoms with Crippen LogP contribution in [0.25, 0.3) is 0 Å². The molecule has 2 saturated carbocycles. The molecule has 1 heteroatoms. The van der Waals surface area contributed by atoms with Gasteiger partial charge in [0.15, 0.2) is 0 Å². The van der Waals surface area contributed by atoms with Crippen LogP contribution in [0.1, 0.15) is 113 Å². The highest BCUT2D eigenvalue weighted by Gasteiger charge is 2.62. The summed E-state index contributed by atoms with van der Waals surface area (Å²) in [6, 6.07) is 0. The Bertz CT molecular complexity index is 727. The fourth-order valence-corrected chi connectivity index (χ4v) is 9.09. The Labute approximate surface area is 186 Å². The fraction of sp³-hybridized carbons (Fsp3) is 0.862. The molecule has 0 heterocycles. The van der Waals surface area contributed by atoms with Gasteiger partial charge in [-0.1, -0.05) is 57.4 Å². The van der Waals surface area contributed by atoms with Gasteiger partial charge in [0.2, 0.25) is 0 Å². The van der Waals surface area contributed by atoms with E-state index >= 15 is 0 Å². The van der Waals surface area contributed by atoms with Crippen LogP contribution in [0.3, 0.4) is 0 Å². The Morgan fingerprint density at radius 2 is 1.77 bits per heavy atom. The molecule has 0 aromatic heterocycles. The molecule has 1 nitrogen and oxygen atoms in total. The van der Waals surface area contributed by atoms with Crippen LogP contribution in [-0.4, -0.2) is 11.2 Å². The first-order valence-corrected chi connectivity index (χ1v) is 13.1. The van der Waals surface area contributed by atoms with Crippen molar-refractivity contribution in [2.24, 2.45) is 39.9 Å². The number of aliphatic hydroxyl groups excluding tert-OH is 1. The quantitative estimate of drug-likeness (QED) is 0.462. The number of rotatable bonds is 4. The van der Waals surface area contributed by atoms with Gasteiger partial charge in [0.1, 0.15) is 0 Å². The van der Waals surface area contributed by atoms with Crippen LogP contribution in [-0.2, 0) is 0 Å². The van der Waals surface area contributed by atoms with Gasteiger partial charge in [-0.3, -0.25) is 0 Å². The van der Waals surface area contributed by atoms with Gasteiger partial charge in [0.05, 0.1) is 6.10 Å². The van der Waals surface area contributed by atoms with E-state index in [4.69, 9.17) is 0 Å². The highest BCUT2D eigenvalue weighted by Crippen LogP contribution is 2.71. The minimum absolute atomic E-state index is 0.0767. The van der Waals surface area contributed by atoms with E-state index in [0.29, 0.717) is 28.1 Å². The zero-order valence-electron chi connectivity index (χ0n) is 21.0. The zero-order chi connectivity index (χ0) is 21.9. The Balaban J connectivity index is 1.63. The average Bonchev–Trinajstić information content (AvgIpc) is 2.96. The lowest BCUT2D eigenvalue weighted by Gasteiger charge is -2.60. The van der Waals surface area contributed by atoms with Crippen LogP contribution >= 0.6 is 0 Å². The maximum absolute atomic E-state index is 10.5. The van der Waals surface area contributed by atoms with E-state index in [9.17, 15) is 5.11 Å². The summed E-state index contributed by atoms with van der Waals surface area (Å²) in [5.74, 6) is 2.85. The third kappa shape index (κ3) is 3.20. The molecule has 4 aliphatic carbocycles. The third-order valence-electron chi connectivity index (χ3n) is 11.2. The van der Waals surface area contributed by atoms with Crippen LogP contribution in [0.15, 0.2) is 22.8 Å². The van der Waals surface area contributed by atoms with Crippen LogP contribution in [0.5, 0.6) is 0 Å². The van der Waals surface area contributed by atoms with Crippen molar-refractivity contribution in [2.45, 2.75) is 119 Å². The highest BCUT2D eigenvalue weighted by molar-refractivity contribution is 5.38. The molecule has 1 N–H and O–H groups in total. The van der Waals surface area contributed by atoms with Gasteiger partial charge in [0, 0.05) is 0 Å². The lowest BCUT2D eigenvalue weighted by Crippen LogP contribution is -2.51. The van der Waals surface area contributed by atoms with Crippen molar-refractivity contribution in [1.29, 1.82) is 0 Å². The molecule has 0 unspecified atom stereocenters. The molecule has 0 aromatic carbocycles. The molecular weight excluding hydrogens is 364 g/mol. The Hall–Kier alpha value is -0.560. The van der Waals surface area contributed by atoms with E-state index < -0.39 is 0 Å². The molecule has 0 spiro atoms. The van der Waals surface area contributed by atoms with E-state index in [0.717, 1.165) is 18.3 Å². The minimum atomic E-state index is -0.0767. The van der Waals surface area contributed by atoms with Crippen molar-refractivity contribution < 1.29 is 5.11 Å². The molecule has 0 aliphatic heterocycles. The number of allylic oxidation sites excluding steroid dienone is 4. The van der Waals surface area contributed by atoms with Crippen molar-refractivity contribution in [2.75, 3.05) is 0 Å². The minimum Gasteiger partial charge on any atom is -0.393 e. The topological polar surface area (TPSA) is 20.2 Å². The summed E-state index contributed by atoms with van der Waals surface area (Å²) in [5.41, 5.74) is 6.44. The maximum atomic E-state index is 10.5. The highest BCUT2D eigenvalue weighted by atomic mass is 16.3. The molecular formula is C29H48O. The van der Waals surface area contributed by atoms with Gasteiger partial charge in [-0.2, -0.15) is 0 Å². The summed E-state index contributed by atoms with van der Waals surface area (Å²) in [5, 5.41) is 10.5. The summed E-state index contributed by atoms with van der Waals surface area (Å²) in [6.45, 7) is 17.3. The van der Waals surface area contributed by atoms with Crippen molar-refractivity contribution in [1.82, 2.24) is 0 Å². The van der Waals surface area contributed by atoms with Crippen molar-refractivity contribution in [3.8, 4) is 0 Å². The van der Waals surface area contributed by atoms with Crippen LogP contribution in [0.4, 0.5) is 0 Å². The van der Waals surface area contributed by atoms with Gasteiger partial charge in [-0.15, -0.1) is 0 Å². The molecule has 0 aromatic rings.